The Labute approximate surface area is 87.3 Å². The third kappa shape index (κ3) is 2.59. The summed E-state index contributed by atoms with van der Waals surface area (Å²) < 4.78 is 26.5. The molecule has 0 fully saturated rings. The fraction of sp³-hybridized carbons (Fsp3) is 0.364. The number of nitrogens with one attached hydrogen (secondary N) is 1. The van der Waals surface area contributed by atoms with Gasteiger partial charge in [-0.1, -0.05) is 6.07 Å². The Kier molecular flexibility index (Phi) is 3.91. The van der Waals surface area contributed by atoms with E-state index in [1.54, 1.807) is 7.05 Å². The Hall–Kier alpha value is -1.29. The molecule has 2 nitrogen and oxygen atoms in total. The molecule has 0 spiro atoms. The summed E-state index contributed by atoms with van der Waals surface area (Å²) in [7, 11) is 1.69. The second-order valence-electron chi connectivity index (χ2n) is 3.33. The van der Waals surface area contributed by atoms with Crippen molar-refractivity contribution in [3.8, 4) is 0 Å². The normalized spacial score (nSPS) is 10.4. The third-order valence-corrected chi connectivity index (χ3v) is 2.18. The zero-order valence-corrected chi connectivity index (χ0v) is 8.73. The van der Waals surface area contributed by atoms with Crippen LogP contribution >= 0.6 is 0 Å². The van der Waals surface area contributed by atoms with Crippen molar-refractivity contribution in [3.63, 3.8) is 0 Å². The summed E-state index contributed by atoms with van der Waals surface area (Å²) in [4.78, 5) is 11.4. The number of aryl methyl sites for hydroxylation is 1. The average Bonchev–Trinajstić information content (AvgIpc) is 2.23. The van der Waals surface area contributed by atoms with Crippen LogP contribution in [0.2, 0.25) is 0 Å². The van der Waals surface area contributed by atoms with Gasteiger partial charge in [-0.25, -0.2) is 8.78 Å². The fourth-order valence-corrected chi connectivity index (χ4v) is 1.23. The van der Waals surface area contributed by atoms with E-state index in [0.29, 0.717) is 6.54 Å². The lowest BCUT2D eigenvalue weighted by Gasteiger charge is -2.04. The van der Waals surface area contributed by atoms with Gasteiger partial charge in [-0.2, -0.15) is 0 Å². The van der Waals surface area contributed by atoms with Crippen molar-refractivity contribution >= 4 is 5.78 Å². The van der Waals surface area contributed by atoms with Gasteiger partial charge in [0.15, 0.2) is 17.4 Å². The summed E-state index contributed by atoms with van der Waals surface area (Å²) in [5, 5.41) is 2.78. The summed E-state index contributed by atoms with van der Waals surface area (Å²) in [6.07, 6.45) is 0.163. The predicted molar refractivity (Wildman–Crippen MR) is 54.0 cm³/mol. The topological polar surface area (TPSA) is 29.1 Å². The van der Waals surface area contributed by atoms with Crippen LogP contribution in [0.1, 0.15) is 22.3 Å². The molecule has 1 aromatic carbocycles. The van der Waals surface area contributed by atoms with E-state index in [1.807, 2.05) is 0 Å². The Morgan fingerprint density at radius 3 is 2.60 bits per heavy atom. The maximum absolute atomic E-state index is 13.3. The Morgan fingerprint density at radius 1 is 1.33 bits per heavy atom. The highest BCUT2D eigenvalue weighted by molar-refractivity contribution is 5.96. The summed E-state index contributed by atoms with van der Waals surface area (Å²) in [5.74, 6) is -2.37. The molecule has 82 valence electrons. The second kappa shape index (κ2) is 4.98. The van der Waals surface area contributed by atoms with Crippen molar-refractivity contribution in [2.75, 3.05) is 13.6 Å². The zero-order chi connectivity index (χ0) is 11.4. The van der Waals surface area contributed by atoms with Gasteiger partial charge in [-0.15, -0.1) is 0 Å². The molecule has 0 amide bonds. The lowest BCUT2D eigenvalue weighted by molar-refractivity contribution is 0.0978. The Morgan fingerprint density at radius 2 is 2.00 bits per heavy atom. The molecule has 0 atom stereocenters. The van der Waals surface area contributed by atoms with Gasteiger partial charge in [0, 0.05) is 13.0 Å². The molecular weight excluding hydrogens is 200 g/mol. The van der Waals surface area contributed by atoms with Crippen LogP contribution in [0, 0.1) is 18.6 Å². The number of Topliss-reactive ketones (excluding diaryl/α,β-unsaturated/α-hetero) is 1. The number of rotatable bonds is 4. The Balaban J connectivity index is 2.95. The summed E-state index contributed by atoms with van der Waals surface area (Å²) >= 11 is 0. The minimum Gasteiger partial charge on any atom is -0.319 e. The van der Waals surface area contributed by atoms with Gasteiger partial charge in [0.25, 0.3) is 0 Å². The highest BCUT2D eigenvalue weighted by Gasteiger charge is 2.16. The van der Waals surface area contributed by atoms with Crippen LogP contribution in [0.25, 0.3) is 0 Å². The predicted octanol–water partition coefficient (Wildman–Crippen LogP) is 2.07. The molecule has 0 aliphatic carbocycles. The summed E-state index contributed by atoms with van der Waals surface area (Å²) in [6, 6.07) is 2.73. The van der Waals surface area contributed by atoms with E-state index in [1.165, 1.54) is 19.1 Å². The van der Waals surface area contributed by atoms with E-state index in [0.717, 1.165) is 0 Å². The van der Waals surface area contributed by atoms with Crippen LogP contribution in [0.5, 0.6) is 0 Å². The molecule has 0 unspecified atom stereocenters. The van der Waals surface area contributed by atoms with Crippen molar-refractivity contribution in [1.29, 1.82) is 0 Å². The van der Waals surface area contributed by atoms with Gasteiger partial charge in [-0.05, 0) is 25.6 Å². The van der Waals surface area contributed by atoms with E-state index in [9.17, 15) is 13.6 Å². The molecule has 0 aliphatic rings. The smallest absolute Gasteiger partial charge is 0.169 e. The van der Waals surface area contributed by atoms with Crippen molar-refractivity contribution in [1.82, 2.24) is 5.32 Å². The van der Waals surface area contributed by atoms with Crippen molar-refractivity contribution < 1.29 is 13.6 Å². The first-order chi connectivity index (χ1) is 7.07. The van der Waals surface area contributed by atoms with Crippen LogP contribution in [-0.4, -0.2) is 19.4 Å². The Bertz CT molecular complexity index is 377. The largest absolute Gasteiger partial charge is 0.319 e. The molecule has 0 aliphatic heterocycles. The van der Waals surface area contributed by atoms with E-state index >= 15 is 0 Å². The standard InChI is InChI=1S/C11H13F2NO/c1-7-3-4-8(11(13)10(7)12)9(15)5-6-14-2/h3-4,14H,5-6H2,1-2H3. The lowest BCUT2D eigenvalue weighted by Crippen LogP contribution is -2.14. The van der Waals surface area contributed by atoms with E-state index in [-0.39, 0.29) is 23.3 Å². The van der Waals surface area contributed by atoms with Gasteiger partial charge in [0.05, 0.1) is 5.56 Å². The van der Waals surface area contributed by atoms with Crippen LogP contribution < -0.4 is 5.32 Å². The van der Waals surface area contributed by atoms with E-state index < -0.39 is 11.6 Å². The van der Waals surface area contributed by atoms with Crippen LogP contribution in [-0.2, 0) is 0 Å². The average molecular weight is 213 g/mol. The van der Waals surface area contributed by atoms with Crippen LogP contribution in [0.15, 0.2) is 12.1 Å². The van der Waals surface area contributed by atoms with Gasteiger partial charge in [0.2, 0.25) is 0 Å². The molecule has 0 aromatic heterocycles. The monoisotopic (exact) mass is 213 g/mol. The summed E-state index contributed by atoms with van der Waals surface area (Å²) in [6.45, 7) is 1.91. The number of benzene rings is 1. The third-order valence-electron chi connectivity index (χ3n) is 2.18. The molecule has 1 N–H and O–H groups in total. The molecule has 0 radical (unpaired) electrons. The van der Waals surface area contributed by atoms with Crippen molar-refractivity contribution in [2.45, 2.75) is 13.3 Å². The number of ketones is 1. The summed E-state index contributed by atoms with van der Waals surface area (Å²) in [5.41, 5.74) is 0.0333. The van der Waals surface area contributed by atoms with Gasteiger partial charge in [0.1, 0.15) is 0 Å². The van der Waals surface area contributed by atoms with Crippen molar-refractivity contribution in [3.05, 3.63) is 34.9 Å². The molecule has 1 rings (SSSR count). The highest BCUT2D eigenvalue weighted by Crippen LogP contribution is 2.16. The molecule has 4 heteroatoms. The van der Waals surface area contributed by atoms with Gasteiger partial charge >= 0.3 is 0 Å². The van der Waals surface area contributed by atoms with Gasteiger partial charge in [-0.3, -0.25) is 4.79 Å². The maximum atomic E-state index is 13.3. The second-order valence-corrected chi connectivity index (χ2v) is 3.33. The minimum absolute atomic E-state index is 0.163. The molecule has 0 saturated carbocycles. The number of carbonyl (C=O) groups is 1. The first-order valence-electron chi connectivity index (χ1n) is 4.70. The van der Waals surface area contributed by atoms with Crippen molar-refractivity contribution in [2.24, 2.45) is 0 Å². The van der Waals surface area contributed by atoms with Crippen LogP contribution in [0.3, 0.4) is 0 Å². The van der Waals surface area contributed by atoms with Gasteiger partial charge < -0.3 is 5.32 Å². The minimum atomic E-state index is -1.05. The number of halogens is 2. The van der Waals surface area contributed by atoms with Crippen LogP contribution in [0.4, 0.5) is 8.78 Å². The highest BCUT2D eigenvalue weighted by atomic mass is 19.2. The lowest BCUT2D eigenvalue weighted by atomic mass is 10.1. The number of hydrogen-bond acceptors (Lipinski definition) is 2. The number of hydrogen-bond donors (Lipinski definition) is 1. The first-order valence-corrected chi connectivity index (χ1v) is 4.70. The maximum Gasteiger partial charge on any atom is 0.169 e. The molecule has 15 heavy (non-hydrogen) atoms. The zero-order valence-electron chi connectivity index (χ0n) is 8.73. The molecule has 0 saturated heterocycles. The molecule has 0 bridgehead atoms. The fourth-order valence-electron chi connectivity index (χ4n) is 1.23. The van der Waals surface area contributed by atoms with E-state index in [4.69, 9.17) is 0 Å². The molecular formula is C11H13F2NO. The SMILES string of the molecule is CNCCC(=O)c1ccc(C)c(F)c1F. The molecule has 1 aromatic rings. The first kappa shape index (κ1) is 11.8. The quantitative estimate of drug-likeness (QED) is 0.776. The van der Waals surface area contributed by atoms with E-state index in [2.05, 4.69) is 5.32 Å². The number of carbonyl (C=O) groups excluding carboxylic acids is 1. The molecule has 0 heterocycles.